The van der Waals surface area contributed by atoms with Crippen molar-refractivity contribution in [2.75, 3.05) is 32.7 Å². The molecule has 0 spiro atoms. The maximum absolute atomic E-state index is 13.2. The second kappa shape index (κ2) is 10.7. The lowest BCUT2D eigenvalue weighted by atomic mass is 10.1. The number of hydrogen-bond donors (Lipinski definition) is 1. The van der Waals surface area contributed by atoms with Gasteiger partial charge >= 0.3 is 12.1 Å². The molecule has 2 unspecified atom stereocenters. The molecule has 2 aromatic rings. The fraction of sp³-hybridized carbons (Fsp3) is 0.464. The van der Waals surface area contributed by atoms with E-state index in [1.165, 1.54) is 5.56 Å². The molecule has 2 aliphatic rings. The number of rotatable bonds is 7. The fourth-order valence-corrected chi connectivity index (χ4v) is 4.63. The van der Waals surface area contributed by atoms with Gasteiger partial charge in [0.05, 0.1) is 5.56 Å². The molecule has 1 aliphatic carbocycles. The van der Waals surface area contributed by atoms with E-state index in [4.69, 9.17) is 9.84 Å². The number of carbonyl (C=O) groups excluding carboxylic acids is 2. The lowest BCUT2D eigenvalue weighted by molar-refractivity contribution is -0.134. The zero-order chi connectivity index (χ0) is 25.9. The molecule has 1 heterocycles. The van der Waals surface area contributed by atoms with Crippen molar-refractivity contribution in [1.82, 2.24) is 14.7 Å². The zero-order valence-electron chi connectivity index (χ0n) is 21.2. The van der Waals surface area contributed by atoms with E-state index in [-0.39, 0.29) is 30.0 Å². The minimum Gasteiger partial charge on any atom is -0.478 e. The summed E-state index contributed by atoms with van der Waals surface area (Å²) in [5, 5.41) is 9.06. The highest BCUT2D eigenvalue weighted by atomic mass is 16.6. The second-order valence-corrected chi connectivity index (χ2v) is 10.6. The number of amides is 2. The molecular formula is C28H35N3O5. The van der Waals surface area contributed by atoms with Crippen LogP contribution in [0.1, 0.15) is 54.6 Å². The minimum atomic E-state index is -0.935. The molecule has 192 valence electrons. The van der Waals surface area contributed by atoms with Gasteiger partial charge in [0.2, 0.25) is 5.91 Å². The number of hydrogen-bond acceptors (Lipinski definition) is 5. The molecule has 1 aliphatic heterocycles. The molecule has 0 aromatic heterocycles. The van der Waals surface area contributed by atoms with Crippen LogP contribution in [0.4, 0.5) is 4.79 Å². The van der Waals surface area contributed by atoms with Crippen LogP contribution < -0.4 is 0 Å². The molecule has 2 aromatic carbocycles. The van der Waals surface area contributed by atoms with E-state index in [2.05, 4.69) is 17.0 Å². The van der Waals surface area contributed by atoms with Gasteiger partial charge in [0, 0.05) is 44.7 Å². The number of aromatic carboxylic acids is 1. The standard InChI is InChI=1S/C28H35N3O5/c1-28(2,3)36-27(35)31(24-17-23(24)21-7-5-4-6-8-21)19-25(32)30-15-13-29(14-16-30)18-20-9-11-22(12-10-20)26(33)34/h4-12,23-24H,13-19H2,1-3H3,(H,33,34). The topological polar surface area (TPSA) is 90.4 Å². The first-order valence-corrected chi connectivity index (χ1v) is 12.5. The largest absolute Gasteiger partial charge is 0.478 e. The molecule has 4 rings (SSSR count). The van der Waals surface area contributed by atoms with E-state index in [0.29, 0.717) is 19.6 Å². The van der Waals surface area contributed by atoms with Crippen LogP contribution in [0.15, 0.2) is 54.6 Å². The smallest absolute Gasteiger partial charge is 0.411 e. The molecule has 0 radical (unpaired) electrons. The maximum atomic E-state index is 13.2. The molecule has 8 heteroatoms. The average Bonchev–Trinajstić information content (AvgIpc) is 3.63. The molecule has 0 bridgehead atoms. The summed E-state index contributed by atoms with van der Waals surface area (Å²) in [7, 11) is 0. The highest BCUT2D eigenvalue weighted by Crippen LogP contribution is 2.45. The Labute approximate surface area is 212 Å². The Balaban J connectivity index is 1.33. The van der Waals surface area contributed by atoms with Crippen molar-refractivity contribution in [2.24, 2.45) is 0 Å². The molecule has 8 nitrogen and oxygen atoms in total. The normalized spacial score (nSPS) is 20.0. The van der Waals surface area contributed by atoms with Gasteiger partial charge in [0.15, 0.2) is 0 Å². The highest BCUT2D eigenvalue weighted by Gasteiger charge is 2.47. The first-order chi connectivity index (χ1) is 17.1. The van der Waals surface area contributed by atoms with Crippen molar-refractivity contribution in [1.29, 1.82) is 0 Å². The molecule has 2 fully saturated rings. The number of nitrogens with zero attached hydrogens (tertiary/aromatic N) is 3. The summed E-state index contributed by atoms with van der Waals surface area (Å²) in [5.74, 6) is -0.781. The third kappa shape index (κ3) is 6.63. The summed E-state index contributed by atoms with van der Waals surface area (Å²) >= 11 is 0. The van der Waals surface area contributed by atoms with E-state index in [9.17, 15) is 14.4 Å². The summed E-state index contributed by atoms with van der Waals surface area (Å²) in [5.41, 5.74) is 1.85. The lowest BCUT2D eigenvalue weighted by Crippen LogP contribution is -2.52. The third-order valence-electron chi connectivity index (χ3n) is 6.65. The molecule has 2 amide bonds. The van der Waals surface area contributed by atoms with E-state index < -0.39 is 17.7 Å². The van der Waals surface area contributed by atoms with E-state index in [1.807, 2.05) is 56.0 Å². The summed E-state index contributed by atoms with van der Waals surface area (Å²) in [6.45, 7) is 8.82. The Hall–Kier alpha value is -3.39. The first-order valence-electron chi connectivity index (χ1n) is 12.5. The Kier molecular flexibility index (Phi) is 7.64. The molecule has 36 heavy (non-hydrogen) atoms. The van der Waals surface area contributed by atoms with Crippen LogP contribution in [0.3, 0.4) is 0 Å². The predicted molar refractivity (Wildman–Crippen MR) is 136 cm³/mol. The minimum absolute atomic E-state index is 0.0135. The van der Waals surface area contributed by atoms with E-state index in [0.717, 1.165) is 25.1 Å². The summed E-state index contributed by atoms with van der Waals surface area (Å²) in [6.07, 6.45) is 0.382. The Morgan fingerprint density at radius 1 is 0.972 bits per heavy atom. The SMILES string of the molecule is CC(C)(C)OC(=O)N(CC(=O)N1CCN(Cc2ccc(C(=O)O)cc2)CC1)C1CC1c1ccccc1. The van der Waals surface area contributed by atoms with Crippen molar-refractivity contribution in [3.63, 3.8) is 0 Å². The van der Waals surface area contributed by atoms with E-state index >= 15 is 0 Å². The van der Waals surface area contributed by atoms with E-state index in [1.54, 1.807) is 17.0 Å². The van der Waals surface area contributed by atoms with Crippen molar-refractivity contribution >= 4 is 18.0 Å². The number of carboxylic acid groups (broad SMARTS) is 1. The number of piperazine rings is 1. The number of carboxylic acids is 1. The highest BCUT2D eigenvalue weighted by molar-refractivity contribution is 5.87. The summed E-state index contributed by atoms with van der Waals surface area (Å²) in [6, 6.07) is 16.9. The van der Waals surface area contributed by atoms with Gasteiger partial charge in [0.1, 0.15) is 12.1 Å². The Bertz CT molecular complexity index is 1070. The zero-order valence-corrected chi connectivity index (χ0v) is 21.2. The summed E-state index contributed by atoms with van der Waals surface area (Å²) < 4.78 is 5.65. The van der Waals surface area contributed by atoms with Gasteiger partial charge in [-0.2, -0.15) is 0 Å². The van der Waals surface area contributed by atoms with Gasteiger partial charge in [-0.15, -0.1) is 0 Å². The summed E-state index contributed by atoms with van der Waals surface area (Å²) in [4.78, 5) is 43.0. The van der Waals surface area contributed by atoms with Crippen molar-refractivity contribution in [3.05, 3.63) is 71.3 Å². The molecule has 1 saturated carbocycles. The van der Waals surface area contributed by atoms with Gasteiger partial charge in [-0.3, -0.25) is 14.6 Å². The predicted octanol–water partition coefficient (Wildman–Crippen LogP) is 3.82. The lowest BCUT2D eigenvalue weighted by Gasteiger charge is -2.36. The van der Waals surface area contributed by atoms with Crippen molar-refractivity contribution in [2.45, 2.75) is 51.3 Å². The van der Waals surface area contributed by atoms with Crippen LogP contribution in [0.2, 0.25) is 0 Å². The van der Waals surface area contributed by atoms with Crippen LogP contribution in [0.5, 0.6) is 0 Å². The van der Waals surface area contributed by atoms with Crippen molar-refractivity contribution < 1.29 is 24.2 Å². The first kappa shape index (κ1) is 25.7. The van der Waals surface area contributed by atoms with Crippen LogP contribution in [-0.4, -0.2) is 82.1 Å². The van der Waals surface area contributed by atoms with Crippen LogP contribution in [0.25, 0.3) is 0 Å². The van der Waals surface area contributed by atoms with Gasteiger partial charge < -0.3 is 14.7 Å². The van der Waals surface area contributed by atoms with Crippen molar-refractivity contribution in [3.8, 4) is 0 Å². The quantitative estimate of drug-likeness (QED) is 0.631. The third-order valence-corrected chi connectivity index (χ3v) is 6.65. The molecular weight excluding hydrogens is 458 g/mol. The van der Waals surface area contributed by atoms with Gasteiger partial charge in [-0.25, -0.2) is 9.59 Å². The monoisotopic (exact) mass is 493 g/mol. The Morgan fingerprint density at radius 3 is 2.19 bits per heavy atom. The van der Waals surface area contributed by atoms with Gasteiger partial charge in [0.25, 0.3) is 0 Å². The molecule has 1 N–H and O–H groups in total. The molecule has 1 saturated heterocycles. The number of carbonyl (C=O) groups is 3. The van der Waals surface area contributed by atoms with Gasteiger partial charge in [-0.05, 0) is 50.5 Å². The second-order valence-electron chi connectivity index (χ2n) is 10.6. The van der Waals surface area contributed by atoms with Crippen LogP contribution in [-0.2, 0) is 16.1 Å². The molecule has 2 atom stereocenters. The van der Waals surface area contributed by atoms with Crippen LogP contribution in [0, 0.1) is 0 Å². The number of benzene rings is 2. The van der Waals surface area contributed by atoms with Crippen LogP contribution >= 0.6 is 0 Å². The fourth-order valence-electron chi connectivity index (χ4n) is 4.63. The Morgan fingerprint density at radius 2 is 1.61 bits per heavy atom. The van der Waals surface area contributed by atoms with Gasteiger partial charge in [-0.1, -0.05) is 42.5 Å². The number of ether oxygens (including phenoxy) is 1. The maximum Gasteiger partial charge on any atom is 0.411 e. The average molecular weight is 494 g/mol.